The first-order valence-corrected chi connectivity index (χ1v) is 7.05. The molecule has 0 saturated heterocycles. The normalized spacial score (nSPS) is 17.6. The number of nitrogens with one attached hydrogen (secondary N) is 1. The van der Waals surface area contributed by atoms with Gasteiger partial charge in [0.15, 0.2) is 0 Å². The maximum atomic E-state index is 10.3. The number of amides is 1. The summed E-state index contributed by atoms with van der Waals surface area (Å²) in [7, 11) is 0. The SMILES string of the molecule is C=CSC(=C\C)/C(C=C)=C/C=C1/C=NC(NC=O)=CC1. The average Bonchev–Trinajstić information content (AvgIpc) is 2.48. The molecule has 0 aromatic carbocycles. The minimum atomic E-state index is 0.585. The minimum absolute atomic E-state index is 0.585. The molecule has 1 heterocycles. The topological polar surface area (TPSA) is 41.5 Å². The molecule has 0 bridgehead atoms. The van der Waals surface area contributed by atoms with Crippen molar-refractivity contribution in [3.63, 3.8) is 0 Å². The standard InChI is InChI=1S/C16H18N2OS/c1-4-14(15(5-2)20-6-3)9-7-13-8-10-16(17-11-13)18-12-19/h4-7,9-12H,1,3,8H2,2H3,(H,18,19)/b13-7+,14-9+,15-5-. The molecule has 20 heavy (non-hydrogen) atoms. The fourth-order valence-electron chi connectivity index (χ4n) is 1.58. The minimum Gasteiger partial charge on any atom is -0.314 e. The summed E-state index contributed by atoms with van der Waals surface area (Å²) in [5.41, 5.74) is 2.11. The van der Waals surface area contributed by atoms with E-state index < -0.39 is 0 Å². The zero-order valence-corrected chi connectivity index (χ0v) is 12.3. The van der Waals surface area contributed by atoms with Gasteiger partial charge in [-0.3, -0.25) is 4.79 Å². The van der Waals surface area contributed by atoms with Crippen molar-refractivity contribution in [2.75, 3.05) is 0 Å². The second kappa shape index (κ2) is 8.93. The van der Waals surface area contributed by atoms with Gasteiger partial charge in [-0.1, -0.05) is 49.2 Å². The Morgan fingerprint density at radius 2 is 2.30 bits per heavy atom. The molecule has 0 spiro atoms. The van der Waals surface area contributed by atoms with Crippen LogP contribution in [0.1, 0.15) is 13.3 Å². The molecule has 0 aliphatic carbocycles. The first kappa shape index (κ1) is 16.0. The van der Waals surface area contributed by atoms with Gasteiger partial charge < -0.3 is 5.32 Å². The van der Waals surface area contributed by atoms with Crippen LogP contribution in [-0.2, 0) is 4.79 Å². The predicted molar refractivity (Wildman–Crippen MR) is 88.3 cm³/mol. The van der Waals surface area contributed by atoms with Crippen molar-refractivity contribution in [3.8, 4) is 0 Å². The molecule has 0 aromatic rings. The summed E-state index contributed by atoms with van der Waals surface area (Å²) in [4.78, 5) is 15.6. The molecule has 0 radical (unpaired) electrons. The van der Waals surface area contributed by atoms with Crippen LogP contribution in [0.5, 0.6) is 0 Å². The third kappa shape index (κ3) is 4.90. The highest BCUT2D eigenvalue weighted by molar-refractivity contribution is 8.06. The molecule has 1 amide bonds. The van der Waals surface area contributed by atoms with E-state index in [0.717, 1.165) is 22.5 Å². The van der Waals surface area contributed by atoms with Gasteiger partial charge in [-0.15, -0.1) is 0 Å². The molecule has 1 N–H and O–H groups in total. The van der Waals surface area contributed by atoms with E-state index in [2.05, 4.69) is 23.5 Å². The Morgan fingerprint density at radius 3 is 2.80 bits per heavy atom. The Labute approximate surface area is 124 Å². The molecule has 1 rings (SSSR count). The molecule has 0 aromatic heterocycles. The smallest absolute Gasteiger partial charge is 0.212 e. The van der Waals surface area contributed by atoms with Crippen LogP contribution in [0.15, 0.2) is 75.8 Å². The molecule has 1 aliphatic heterocycles. The largest absolute Gasteiger partial charge is 0.314 e. The maximum Gasteiger partial charge on any atom is 0.212 e. The number of allylic oxidation sites excluding steroid dienone is 7. The van der Waals surface area contributed by atoms with Crippen LogP contribution in [0.3, 0.4) is 0 Å². The van der Waals surface area contributed by atoms with E-state index in [4.69, 9.17) is 0 Å². The Morgan fingerprint density at radius 1 is 1.50 bits per heavy atom. The predicted octanol–water partition coefficient (Wildman–Crippen LogP) is 3.87. The monoisotopic (exact) mass is 286 g/mol. The van der Waals surface area contributed by atoms with Crippen LogP contribution >= 0.6 is 11.8 Å². The van der Waals surface area contributed by atoms with Crippen molar-refractivity contribution < 1.29 is 4.79 Å². The van der Waals surface area contributed by atoms with Crippen LogP contribution in [-0.4, -0.2) is 12.6 Å². The summed E-state index contributed by atoms with van der Waals surface area (Å²) in [5.74, 6) is 0.585. The summed E-state index contributed by atoms with van der Waals surface area (Å²) >= 11 is 1.56. The van der Waals surface area contributed by atoms with E-state index in [9.17, 15) is 4.79 Å². The number of hydrogen-bond donors (Lipinski definition) is 1. The third-order valence-electron chi connectivity index (χ3n) is 2.56. The number of thioether (sulfide) groups is 1. The third-order valence-corrected chi connectivity index (χ3v) is 3.45. The Balaban J connectivity index is 2.82. The zero-order chi connectivity index (χ0) is 14.8. The van der Waals surface area contributed by atoms with Gasteiger partial charge in [0.2, 0.25) is 6.41 Å². The van der Waals surface area contributed by atoms with Crippen molar-refractivity contribution in [3.05, 3.63) is 70.8 Å². The summed E-state index contributed by atoms with van der Waals surface area (Å²) < 4.78 is 0. The van der Waals surface area contributed by atoms with E-state index in [1.807, 2.05) is 37.3 Å². The van der Waals surface area contributed by atoms with Crippen LogP contribution in [0.4, 0.5) is 0 Å². The zero-order valence-electron chi connectivity index (χ0n) is 11.5. The van der Waals surface area contributed by atoms with Gasteiger partial charge in [0, 0.05) is 11.1 Å². The Bertz CT molecular complexity index is 537. The maximum absolute atomic E-state index is 10.3. The van der Waals surface area contributed by atoms with Crippen LogP contribution in [0.25, 0.3) is 0 Å². The molecular formula is C16H18N2OS. The highest BCUT2D eigenvalue weighted by Crippen LogP contribution is 2.25. The Hall–Kier alpha value is -2.07. The first-order valence-electron chi connectivity index (χ1n) is 6.17. The summed E-state index contributed by atoms with van der Waals surface area (Å²) in [5, 5.41) is 4.32. The molecule has 4 heteroatoms. The second-order valence-electron chi connectivity index (χ2n) is 3.82. The molecule has 104 valence electrons. The number of nitrogens with zero attached hydrogens (tertiary/aromatic N) is 1. The number of hydrogen-bond acceptors (Lipinski definition) is 3. The second-order valence-corrected chi connectivity index (χ2v) is 4.83. The lowest BCUT2D eigenvalue weighted by molar-refractivity contribution is -0.108. The molecular weight excluding hydrogens is 268 g/mol. The quantitative estimate of drug-likeness (QED) is 0.570. The molecule has 1 aliphatic rings. The van der Waals surface area contributed by atoms with Crippen molar-refractivity contribution in [2.45, 2.75) is 13.3 Å². The highest BCUT2D eigenvalue weighted by atomic mass is 32.2. The van der Waals surface area contributed by atoms with Gasteiger partial charge in [-0.25, -0.2) is 4.99 Å². The summed E-state index contributed by atoms with van der Waals surface area (Å²) in [6.07, 6.45) is 12.8. The van der Waals surface area contributed by atoms with Crippen molar-refractivity contribution in [1.29, 1.82) is 0 Å². The molecule has 0 unspecified atom stereocenters. The molecule has 0 saturated carbocycles. The lowest BCUT2D eigenvalue weighted by Gasteiger charge is -2.07. The van der Waals surface area contributed by atoms with E-state index in [0.29, 0.717) is 12.2 Å². The summed E-state index contributed by atoms with van der Waals surface area (Å²) in [6, 6.07) is 0. The van der Waals surface area contributed by atoms with E-state index in [1.165, 1.54) is 0 Å². The lowest BCUT2D eigenvalue weighted by Crippen LogP contribution is -2.10. The Kier molecular flexibility index (Phi) is 7.14. The van der Waals surface area contributed by atoms with E-state index >= 15 is 0 Å². The highest BCUT2D eigenvalue weighted by Gasteiger charge is 2.02. The average molecular weight is 286 g/mol. The number of rotatable bonds is 7. The number of carbonyl (C=O) groups excluding carboxylic acids is 1. The first-order chi connectivity index (χ1) is 9.74. The van der Waals surface area contributed by atoms with Crippen molar-refractivity contribution in [2.24, 2.45) is 4.99 Å². The fraction of sp³-hybridized carbons (Fsp3) is 0.125. The van der Waals surface area contributed by atoms with E-state index in [1.54, 1.807) is 23.4 Å². The molecule has 0 atom stereocenters. The van der Waals surface area contributed by atoms with Gasteiger partial charge in [0.25, 0.3) is 0 Å². The van der Waals surface area contributed by atoms with Crippen LogP contribution in [0.2, 0.25) is 0 Å². The summed E-state index contributed by atoms with van der Waals surface area (Å²) in [6.45, 7) is 9.54. The van der Waals surface area contributed by atoms with Gasteiger partial charge in [0.1, 0.15) is 5.82 Å². The van der Waals surface area contributed by atoms with Crippen LogP contribution in [0, 0.1) is 0 Å². The lowest BCUT2D eigenvalue weighted by atomic mass is 10.1. The van der Waals surface area contributed by atoms with Crippen LogP contribution < -0.4 is 5.32 Å². The van der Waals surface area contributed by atoms with Crippen molar-refractivity contribution >= 4 is 24.4 Å². The van der Waals surface area contributed by atoms with E-state index in [-0.39, 0.29) is 0 Å². The van der Waals surface area contributed by atoms with Gasteiger partial charge in [-0.2, -0.15) is 0 Å². The molecule has 3 nitrogen and oxygen atoms in total. The van der Waals surface area contributed by atoms with Gasteiger partial charge in [0.05, 0.1) is 0 Å². The fourth-order valence-corrected chi connectivity index (χ4v) is 2.18. The number of aliphatic imine (C=N–C) groups is 1. The number of carbonyl (C=O) groups is 1. The van der Waals surface area contributed by atoms with Gasteiger partial charge >= 0.3 is 0 Å². The molecule has 0 fully saturated rings. The van der Waals surface area contributed by atoms with Gasteiger partial charge in [-0.05, 0) is 36.0 Å². The van der Waals surface area contributed by atoms with Crippen molar-refractivity contribution in [1.82, 2.24) is 5.32 Å².